The molecule has 1 aromatic rings. The first-order valence-corrected chi connectivity index (χ1v) is 10.7. The minimum Gasteiger partial charge on any atom is -0.456 e. The fourth-order valence-corrected chi connectivity index (χ4v) is 2.00. The molecular formula is C24H36O7. The summed E-state index contributed by atoms with van der Waals surface area (Å²) in [7, 11) is 0. The molecule has 0 aliphatic heterocycles. The molecule has 0 unspecified atom stereocenters. The van der Waals surface area contributed by atoms with Gasteiger partial charge in [0.05, 0.1) is 16.7 Å². The minimum absolute atomic E-state index is 0.0167. The van der Waals surface area contributed by atoms with Crippen LogP contribution in [0, 0.1) is 0 Å². The van der Waals surface area contributed by atoms with Gasteiger partial charge in [-0.15, -0.1) is 0 Å². The Kier molecular flexibility index (Phi) is 8.82. The van der Waals surface area contributed by atoms with E-state index in [1.807, 2.05) is 20.8 Å². The molecule has 0 spiro atoms. The van der Waals surface area contributed by atoms with Crippen molar-refractivity contribution in [3.63, 3.8) is 0 Å². The maximum absolute atomic E-state index is 12.7. The van der Waals surface area contributed by atoms with E-state index in [-0.39, 0.29) is 16.7 Å². The Balaban J connectivity index is 3.31. The van der Waals surface area contributed by atoms with Crippen molar-refractivity contribution in [1.82, 2.24) is 0 Å². The Labute approximate surface area is 185 Å². The average molecular weight is 437 g/mol. The maximum atomic E-state index is 12.7. The molecule has 174 valence electrons. The Morgan fingerprint density at radius 1 is 0.613 bits per heavy atom. The maximum Gasteiger partial charge on any atom is 0.373 e. The monoisotopic (exact) mass is 436 g/mol. The van der Waals surface area contributed by atoms with Gasteiger partial charge in [-0.1, -0.05) is 20.8 Å². The molecular weight excluding hydrogens is 400 g/mol. The zero-order chi connectivity index (χ0) is 24.0. The highest BCUT2D eigenvalue weighted by molar-refractivity contribution is 6.00. The Bertz CT molecular complexity index is 758. The van der Waals surface area contributed by atoms with E-state index < -0.39 is 34.7 Å². The first-order chi connectivity index (χ1) is 14.1. The summed E-state index contributed by atoms with van der Waals surface area (Å²) in [6, 6.07) is 4.00. The van der Waals surface area contributed by atoms with E-state index in [1.165, 1.54) is 18.2 Å². The van der Waals surface area contributed by atoms with Crippen molar-refractivity contribution in [1.29, 1.82) is 0 Å². The van der Waals surface area contributed by atoms with Gasteiger partial charge in [-0.05, 0) is 79.0 Å². The Morgan fingerprint density at radius 2 is 0.935 bits per heavy atom. The fraction of sp³-hybridized carbons (Fsp3) is 0.625. The van der Waals surface area contributed by atoms with Crippen molar-refractivity contribution in [2.24, 2.45) is 0 Å². The third-order valence-electron chi connectivity index (χ3n) is 5.28. The number of rotatable bonds is 10. The van der Waals surface area contributed by atoms with E-state index in [9.17, 15) is 14.4 Å². The highest BCUT2D eigenvalue weighted by atomic mass is 17.2. The van der Waals surface area contributed by atoms with Gasteiger partial charge in [0, 0.05) is 0 Å². The second-order valence-corrected chi connectivity index (χ2v) is 9.37. The summed E-state index contributed by atoms with van der Waals surface area (Å²) in [5, 5.41) is 0. The van der Waals surface area contributed by atoms with Crippen LogP contribution in [-0.2, 0) is 19.2 Å². The first kappa shape index (κ1) is 26.6. The summed E-state index contributed by atoms with van der Waals surface area (Å²) in [6.07, 6.45) is 1.81. The van der Waals surface area contributed by atoms with Crippen LogP contribution in [-0.4, -0.2) is 34.7 Å². The number of hydrogen-bond donors (Lipinski definition) is 0. The predicted molar refractivity (Wildman–Crippen MR) is 117 cm³/mol. The number of carbonyl (C=O) groups excluding carboxylic acids is 3. The lowest BCUT2D eigenvalue weighted by atomic mass is 10.0. The standard InChI is InChI=1S/C24H36O7/c1-10-22(4,5)28-19(25)16-13-17(20(26)29-23(6,7)11-2)15-18(14-16)21(27)30-31-24(8,9)12-3/h13-15H,10-12H2,1-9H3. The highest BCUT2D eigenvalue weighted by Gasteiger charge is 2.27. The van der Waals surface area contributed by atoms with Gasteiger partial charge in [-0.2, -0.15) is 4.89 Å². The molecule has 1 rings (SSSR count). The van der Waals surface area contributed by atoms with Crippen molar-refractivity contribution in [2.45, 2.75) is 98.4 Å². The molecule has 0 amide bonds. The summed E-state index contributed by atoms with van der Waals surface area (Å²) in [5.74, 6) is -2.13. The smallest absolute Gasteiger partial charge is 0.373 e. The van der Waals surface area contributed by atoms with Crippen molar-refractivity contribution in [2.75, 3.05) is 0 Å². The van der Waals surface area contributed by atoms with E-state index in [2.05, 4.69) is 0 Å². The summed E-state index contributed by atoms with van der Waals surface area (Å²) in [6.45, 7) is 16.3. The van der Waals surface area contributed by atoms with Gasteiger partial charge in [0.1, 0.15) is 16.8 Å². The van der Waals surface area contributed by atoms with E-state index >= 15 is 0 Å². The molecule has 0 N–H and O–H groups in total. The molecule has 31 heavy (non-hydrogen) atoms. The number of benzene rings is 1. The van der Waals surface area contributed by atoms with Gasteiger partial charge in [0.25, 0.3) is 0 Å². The summed E-state index contributed by atoms with van der Waals surface area (Å²) in [5.41, 5.74) is -2.00. The highest BCUT2D eigenvalue weighted by Crippen LogP contribution is 2.22. The molecule has 0 saturated heterocycles. The quantitative estimate of drug-likeness (QED) is 0.266. The number of carbonyl (C=O) groups is 3. The van der Waals surface area contributed by atoms with E-state index in [1.54, 1.807) is 41.5 Å². The Morgan fingerprint density at radius 3 is 1.26 bits per heavy atom. The second-order valence-electron chi connectivity index (χ2n) is 9.37. The Hall–Kier alpha value is -2.41. The lowest BCUT2D eigenvalue weighted by Crippen LogP contribution is -2.29. The molecule has 1 aromatic carbocycles. The van der Waals surface area contributed by atoms with Crippen LogP contribution in [0.25, 0.3) is 0 Å². The summed E-state index contributed by atoms with van der Waals surface area (Å²) < 4.78 is 11.0. The molecule has 7 heteroatoms. The van der Waals surface area contributed by atoms with Gasteiger partial charge < -0.3 is 9.47 Å². The van der Waals surface area contributed by atoms with Crippen molar-refractivity contribution in [3.05, 3.63) is 34.9 Å². The predicted octanol–water partition coefficient (Wildman–Crippen LogP) is 5.65. The van der Waals surface area contributed by atoms with Crippen LogP contribution in [0.15, 0.2) is 18.2 Å². The van der Waals surface area contributed by atoms with Crippen LogP contribution in [0.5, 0.6) is 0 Å². The number of ether oxygens (including phenoxy) is 2. The van der Waals surface area contributed by atoms with Crippen LogP contribution >= 0.6 is 0 Å². The summed E-state index contributed by atoms with van der Waals surface area (Å²) >= 11 is 0. The zero-order valence-corrected chi connectivity index (χ0v) is 20.2. The molecule has 0 heterocycles. The van der Waals surface area contributed by atoms with Crippen LogP contribution in [0.2, 0.25) is 0 Å². The van der Waals surface area contributed by atoms with E-state index in [0.717, 1.165) is 0 Å². The summed E-state index contributed by atoms with van der Waals surface area (Å²) in [4.78, 5) is 48.2. The molecule has 0 radical (unpaired) electrons. The minimum atomic E-state index is -0.824. The van der Waals surface area contributed by atoms with E-state index in [0.29, 0.717) is 19.3 Å². The fourth-order valence-electron chi connectivity index (χ4n) is 2.00. The normalized spacial score (nSPS) is 12.3. The lowest BCUT2D eigenvalue weighted by molar-refractivity contribution is -0.307. The number of esters is 2. The van der Waals surface area contributed by atoms with Crippen LogP contribution in [0.3, 0.4) is 0 Å². The van der Waals surface area contributed by atoms with Gasteiger partial charge in [0.15, 0.2) is 0 Å². The topological polar surface area (TPSA) is 88.1 Å². The molecule has 0 saturated carbocycles. The largest absolute Gasteiger partial charge is 0.456 e. The van der Waals surface area contributed by atoms with Crippen molar-refractivity contribution >= 4 is 17.9 Å². The van der Waals surface area contributed by atoms with Crippen LogP contribution < -0.4 is 0 Å². The lowest BCUT2D eigenvalue weighted by Gasteiger charge is -2.24. The van der Waals surface area contributed by atoms with Gasteiger partial charge in [-0.25, -0.2) is 14.4 Å². The third-order valence-corrected chi connectivity index (χ3v) is 5.28. The SMILES string of the molecule is CCC(C)(C)OOC(=O)c1cc(C(=O)OC(C)(C)CC)cc(C(=O)OC(C)(C)CC)c1. The zero-order valence-electron chi connectivity index (χ0n) is 20.2. The molecule has 0 fully saturated rings. The third kappa shape index (κ3) is 8.32. The number of hydrogen-bond acceptors (Lipinski definition) is 7. The molecule has 0 atom stereocenters. The van der Waals surface area contributed by atoms with Gasteiger partial charge >= 0.3 is 17.9 Å². The van der Waals surface area contributed by atoms with Gasteiger partial charge in [-0.3, -0.25) is 4.89 Å². The molecule has 0 bridgehead atoms. The first-order valence-electron chi connectivity index (χ1n) is 10.7. The van der Waals surface area contributed by atoms with E-state index in [4.69, 9.17) is 19.2 Å². The molecule has 7 nitrogen and oxygen atoms in total. The van der Waals surface area contributed by atoms with Crippen molar-refractivity contribution in [3.8, 4) is 0 Å². The van der Waals surface area contributed by atoms with Crippen LogP contribution in [0.4, 0.5) is 0 Å². The molecule has 0 aromatic heterocycles. The van der Waals surface area contributed by atoms with Crippen molar-refractivity contribution < 1.29 is 33.6 Å². The molecule has 0 aliphatic rings. The average Bonchev–Trinajstić information content (AvgIpc) is 2.71. The molecule has 0 aliphatic carbocycles. The van der Waals surface area contributed by atoms with Gasteiger partial charge in [0.2, 0.25) is 0 Å². The second kappa shape index (κ2) is 10.3. The van der Waals surface area contributed by atoms with Crippen LogP contribution in [0.1, 0.15) is 113 Å².